The van der Waals surface area contributed by atoms with Crippen molar-refractivity contribution < 1.29 is 0 Å². The lowest BCUT2D eigenvalue weighted by Crippen LogP contribution is -2.04. The molecule has 3 rings (SSSR count). The molecule has 0 aliphatic heterocycles. The molecule has 0 spiro atoms. The van der Waals surface area contributed by atoms with E-state index in [-0.39, 0.29) is 0 Å². The third-order valence-electron chi connectivity index (χ3n) is 3.27. The fraction of sp³-hybridized carbons (Fsp3) is 0.188. The molecule has 2 heterocycles. The first-order valence-corrected chi connectivity index (χ1v) is 6.71. The fourth-order valence-corrected chi connectivity index (χ4v) is 2.25. The summed E-state index contributed by atoms with van der Waals surface area (Å²) >= 11 is 0. The topological polar surface area (TPSA) is 50.7 Å². The maximum atomic E-state index is 4.69. The molecule has 0 unspecified atom stereocenters. The van der Waals surface area contributed by atoms with Gasteiger partial charge >= 0.3 is 0 Å². The van der Waals surface area contributed by atoms with Gasteiger partial charge in [0.15, 0.2) is 0 Å². The number of para-hydroxylation sites is 1. The summed E-state index contributed by atoms with van der Waals surface area (Å²) in [5.74, 6) is 0.868. The maximum Gasteiger partial charge on any atom is 0.132 e. The highest BCUT2D eigenvalue weighted by molar-refractivity contribution is 5.81. The number of fused-ring (bicyclic) bond motifs is 1. The molecular weight excluding hydrogens is 248 g/mol. The molecule has 0 radical (unpaired) electrons. The van der Waals surface area contributed by atoms with Gasteiger partial charge in [0.1, 0.15) is 12.1 Å². The van der Waals surface area contributed by atoms with Gasteiger partial charge in [-0.15, -0.1) is 0 Å². The molecule has 3 aromatic rings. The highest BCUT2D eigenvalue weighted by Gasteiger charge is 2.10. The summed E-state index contributed by atoms with van der Waals surface area (Å²) in [4.78, 5) is 13.3. The van der Waals surface area contributed by atoms with Crippen molar-refractivity contribution in [1.82, 2.24) is 15.0 Å². The van der Waals surface area contributed by atoms with Gasteiger partial charge in [-0.2, -0.15) is 0 Å². The van der Waals surface area contributed by atoms with Crippen molar-refractivity contribution in [3.63, 3.8) is 0 Å². The summed E-state index contributed by atoms with van der Waals surface area (Å²) in [5.41, 5.74) is 3.76. The van der Waals surface area contributed by atoms with E-state index >= 15 is 0 Å². The molecule has 1 N–H and O–H groups in total. The minimum atomic E-state index is 0.836. The van der Waals surface area contributed by atoms with Gasteiger partial charge in [-0.05, 0) is 26.0 Å². The Hall–Kier alpha value is -2.49. The van der Waals surface area contributed by atoms with Gasteiger partial charge < -0.3 is 5.32 Å². The SMILES string of the molecule is CCNc1ncnc(-c2ccc3ccccc3n2)c1C. The first-order chi connectivity index (χ1) is 9.79. The van der Waals surface area contributed by atoms with Gasteiger partial charge in [-0.1, -0.05) is 24.3 Å². The second kappa shape index (κ2) is 5.25. The van der Waals surface area contributed by atoms with Crippen LogP contribution in [0.5, 0.6) is 0 Å². The Kier molecular flexibility index (Phi) is 3.29. The smallest absolute Gasteiger partial charge is 0.132 e. The molecule has 0 bridgehead atoms. The predicted molar refractivity (Wildman–Crippen MR) is 81.7 cm³/mol. The van der Waals surface area contributed by atoms with Crippen LogP contribution in [0.25, 0.3) is 22.3 Å². The van der Waals surface area contributed by atoms with Crippen LogP contribution < -0.4 is 5.32 Å². The van der Waals surface area contributed by atoms with Crippen molar-refractivity contribution >= 4 is 16.7 Å². The maximum absolute atomic E-state index is 4.69. The monoisotopic (exact) mass is 264 g/mol. The molecule has 0 fully saturated rings. The molecule has 0 saturated carbocycles. The first-order valence-electron chi connectivity index (χ1n) is 6.71. The average molecular weight is 264 g/mol. The summed E-state index contributed by atoms with van der Waals surface area (Å²) in [7, 11) is 0. The van der Waals surface area contributed by atoms with Gasteiger partial charge in [0.05, 0.1) is 16.9 Å². The van der Waals surface area contributed by atoms with Crippen molar-refractivity contribution in [3.05, 3.63) is 48.3 Å². The Morgan fingerprint density at radius 2 is 1.90 bits per heavy atom. The summed E-state index contributed by atoms with van der Waals surface area (Å²) in [5, 5.41) is 4.38. The summed E-state index contributed by atoms with van der Waals surface area (Å²) in [6.07, 6.45) is 1.58. The van der Waals surface area contributed by atoms with Crippen LogP contribution >= 0.6 is 0 Å². The number of anilines is 1. The zero-order chi connectivity index (χ0) is 13.9. The van der Waals surface area contributed by atoms with Crippen LogP contribution in [0, 0.1) is 6.92 Å². The third kappa shape index (κ3) is 2.20. The van der Waals surface area contributed by atoms with Crippen LogP contribution in [-0.4, -0.2) is 21.5 Å². The summed E-state index contributed by atoms with van der Waals surface area (Å²) in [6, 6.07) is 12.2. The largest absolute Gasteiger partial charge is 0.370 e. The number of aromatic nitrogens is 3. The number of pyridine rings is 1. The average Bonchev–Trinajstić information content (AvgIpc) is 2.49. The molecule has 0 saturated heterocycles. The van der Waals surface area contributed by atoms with E-state index in [4.69, 9.17) is 0 Å². The number of hydrogen-bond acceptors (Lipinski definition) is 4. The quantitative estimate of drug-likeness (QED) is 0.787. The van der Waals surface area contributed by atoms with E-state index in [0.717, 1.165) is 40.2 Å². The van der Waals surface area contributed by atoms with Crippen molar-refractivity contribution in [2.45, 2.75) is 13.8 Å². The molecule has 4 heteroatoms. The molecule has 0 aliphatic rings. The predicted octanol–water partition coefficient (Wildman–Crippen LogP) is 3.43. The molecule has 4 nitrogen and oxygen atoms in total. The molecule has 0 amide bonds. The van der Waals surface area contributed by atoms with Crippen molar-refractivity contribution in [2.75, 3.05) is 11.9 Å². The van der Waals surface area contributed by atoms with E-state index in [1.54, 1.807) is 6.33 Å². The minimum absolute atomic E-state index is 0.836. The van der Waals surface area contributed by atoms with Gasteiger partial charge in [0.2, 0.25) is 0 Å². The zero-order valence-corrected chi connectivity index (χ0v) is 11.6. The van der Waals surface area contributed by atoms with Crippen LogP contribution in [0.1, 0.15) is 12.5 Å². The van der Waals surface area contributed by atoms with Gasteiger partial charge in [-0.3, -0.25) is 0 Å². The second-order valence-corrected chi connectivity index (χ2v) is 4.62. The van der Waals surface area contributed by atoms with Crippen LogP contribution in [0.2, 0.25) is 0 Å². The number of benzene rings is 1. The molecule has 100 valence electrons. The highest BCUT2D eigenvalue weighted by Crippen LogP contribution is 2.25. The van der Waals surface area contributed by atoms with Crippen LogP contribution in [0.4, 0.5) is 5.82 Å². The van der Waals surface area contributed by atoms with E-state index in [0.29, 0.717) is 0 Å². The highest BCUT2D eigenvalue weighted by atomic mass is 15.0. The van der Waals surface area contributed by atoms with Gasteiger partial charge in [-0.25, -0.2) is 15.0 Å². The lowest BCUT2D eigenvalue weighted by atomic mass is 10.1. The molecule has 0 aliphatic carbocycles. The zero-order valence-electron chi connectivity index (χ0n) is 11.6. The normalized spacial score (nSPS) is 10.7. The Bertz CT molecular complexity index is 752. The Morgan fingerprint density at radius 1 is 1.05 bits per heavy atom. The summed E-state index contributed by atoms with van der Waals surface area (Å²) < 4.78 is 0. The Morgan fingerprint density at radius 3 is 2.75 bits per heavy atom. The molecule has 0 atom stereocenters. The Balaban J connectivity index is 2.13. The molecule has 1 aromatic carbocycles. The van der Waals surface area contributed by atoms with E-state index in [9.17, 15) is 0 Å². The third-order valence-corrected chi connectivity index (χ3v) is 3.27. The van der Waals surface area contributed by atoms with E-state index in [1.807, 2.05) is 31.2 Å². The number of hydrogen-bond donors (Lipinski definition) is 1. The van der Waals surface area contributed by atoms with Crippen molar-refractivity contribution in [3.8, 4) is 11.4 Å². The fourth-order valence-electron chi connectivity index (χ4n) is 2.25. The summed E-state index contributed by atoms with van der Waals surface area (Å²) in [6.45, 7) is 4.90. The second-order valence-electron chi connectivity index (χ2n) is 4.62. The number of nitrogens with one attached hydrogen (secondary N) is 1. The number of rotatable bonds is 3. The van der Waals surface area contributed by atoms with Gasteiger partial charge in [0, 0.05) is 17.5 Å². The lowest BCUT2D eigenvalue weighted by Gasteiger charge is -2.10. The van der Waals surface area contributed by atoms with E-state index in [1.165, 1.54) is 0 Å². The van der Waals surface area contributed by atoms with Gasteiger partial charge in [0.25, 0.3) is 0 Å². The first kappa shape index (κ1) is 12.5. The van der Waals surface area contributed by atoms with Crippen LogP contribution in [0.3, 0.4) is 0 Å². The molecule has 20 heavy (non-hydrogen) atoms. The minimum Gasteiger partial charge on any atom is -0.370 e. The number of nitrogens with zero attached hydrogens (tertiary/aromatic N) is 3. The lowest BCUT2D eigenvalue weighted by molar-refractivity contribution is 1.08. The molecule has 2 aromatic heterocycles. The standard InChI is InChI=1S/C16H16N4/c1-3-17-16-11(2)15(18-10-19-16)14-9-8-12-6-4-5-7-13(12)20-14/h4-10H,3H2,1-2H3,(H,17,18,19). The molecular formula is C16H16N4. The van der Waals surface area contributed by atoms with Crippen LogP contribution in [0.15, 0.2) is 42.7 Å². The van der Waals surface area contributed by atoms with Crippen molar-refractivity contribution in [2.24, 2.45) is 0 Å². The van der Waals surface area contributed by atoms with E-state index < -0.39 is 0 Å². The van der Waals surface area contributed by atoms with Crippen LogP contribution in [-0.2, 0) is 0 Å². The Labute approximate surface area is 117 Å². The van der Waals surface area contributed by atoms with E-state index in [2.05, 4.69) is 39.3 Å². The van der Waals surface area contributed by atoms with Crippen molar-refractivity contribution in [1.29, 1.82) is 0 Å².